The third-order valence-corrected chi connectivity index (χ3v) is 2.91. The molecule has 2 N–H and O–H groups in total. The Labute approximate surface area is 111 Å². The molecule has 0 saturated heterocycles. The summed E-state index contributed by atoms with van der Waals surface area (Å²) < 4.78 is 0. The lowest BCUT2D eigenvalue weighted by molar-refractivity contribution is 1.07. The van der Waals surface area contributed by atoms with Crippen molar-refractivity contribution in [2.45, 2.75) is 6.54 Å². The van der Waals surface area contributed by atoms with E-state index in [9.17, 15) is 0 Å². The van der Waals surface area contributed by atoms with E-state index in [1.54, 1.807) is 12.5 Å². The SMILES string of the molecule is c1cncc(-c2ccccc2NCc2c[nH]cn2)c1. The molecule has 0 fully saturated rings. The van der Waals surface area contributed by atoms with Crippen LogP contribution in [0, 0.1) is 0 Å². The number of anilines is 1. The fourth-order valence-electron chi connectivity index (χ4n) is 1.98. The first-order valence-corrected chi connectivity index (χ1v) is 6.14. The van der Waals surface area contributed by atoms with Crippen molar-refractivity contribution in [1.29, 1.82) is 0 Å². The Morgan fingerprint density at radius 3 is 2.84 bits per heavy atom. The Morgan fingerprint density at radius 2 is 2.05 bits per heavy atom. The second kappa shape index (κ2) is 5.35. The summed E-state index contributed by atoms with van der Waals surface area (Å²) in [6, 6.07) is 12.2. The molecule has 3 aromatic rings. The molecule has 94 valence electrons. The molecule has 1 aromatic carbocycles. The molecule has 0 atom stereocenters. The third kappa shape index (κ3) is 2.63. The van der Waals surface area contributed by atoms with Crippen molar-refractivity contribution in [1.82, 2.24) is 15.0 Å². The lowest BCUT2D eigenvalue weighted by atomic mass is 10.1. The second-order valence-corrected chi connectivity index (χ2v) is 4.20. The number of nitrogens with zero attached hydrogens (tertiary/aromatic N) is 2. The molecule has 0 aliphatic carbocycles. The van der Waals surface area contributed by atoms with E-state index in [2.05, 4.69) is 38.5 Å². The second-order valence-electron chi connectivity index (χ2n) is 4.20. The molecule has 2 heterocycles. The van der Waals surface area contributed by atoms with Crippen LogP contribution in [0.5, 0.6) is 0 Å². The van der Waals surface area contributed by atoms with Crippen LogP contribution in [0.15, 0.2) is 61.3 Å². The molecule has 19 heavy (non-hydrogen) atoms. The van der Waals surface area contributed by atoms with Crippen LogP contribution in [0.25, 0.3) is 11.1 Å². The lowest BCUT2D eigenvalue weighted by Gasteiger charge is -2.10. The Kier molecular flexibility index (Phi) is 3.23. The van der Waals surface area contributed by atoms with E-state index in [-0.39, 0.29) is 0 Å². The summed E-state index contributed by atoms with van der Waals surface area (Å²) in [6.45, 7) is 0.695. The highest BCUT2D eigenvalue weighted by molar-refractivity contribution is 5.77. The van der Waals surface area contributed by atoms with E-state index in [0.29, 0.717) is 6.54 Å². The smallest absolute Gasteiger partial charge is 0.0923 e. The maximum Gasteiger partial charge on any atom is 0.0923 e. The molecule has 0 unspecified atom stereocenters. The molecule has 4 heteroatoms. The number of rotatable bonds is 4. The Balaban J connectivity index is 1.85. The molecule has 0 spiro atoms. The van der Waals surface area contributed by atoms with Crippen LogP contribution in [0.1, 0.15) is 5.69 Å². The molecule has 0 bridgehead atoms. The Hall–Kier alpha value is -2.62. The van der Waals surface area contributed by atoms with Gasteiger partial charge in [0.2, 0.25) is 0 Å². The minimum Gasteiger partial charge on any atom is -0.379 e. The quantitative estimate of drug-likeness (QED) is 0.748. The highest BCUT2D eigenvalue weighted by atomic mass is 14.9. The zero-order valence-electron chi connectivity index (χ0n) is 10.4. The fourth-order valence-corrected chi connectivity index (χ4v) is 1.98. The summed E-state index contributed by atoms with van der Waals surface area (Å²) in [5.74, 6) is 0. The molecule has 3 rings (SSSR count). The van der Waals surface area contributed by atoms with Crippen molar-refractivity contribution in [3.8, 4) is 11.1 Å². The van der Waals surface area contributed by atoms with E-state index in [1.165, 1.54) is 0 Å². The minimum atomic E-state index is 0.695. The standard InChI is InChI=1S/C15H14N4/c1-2-6-15(18-10-13-9-17-11-19-13)14(5-1)12-4-3-7-16-8-12/h1-9,11,18H,10H2,(H,17,19). The van der Waals surface area contributed by atoms with Gasteiger partial charge in [0.05, 0.1) is 18.6 Å². The zero-order chi connectivity index (χ0) is 12.9. The number of aromatic nitrogens is 3. The summed E-state index contributed by atoms with van der Waals surface area (Å²) in [7, 11) is 0. The highest BCUT2D eigenvalue weighted by Gasteiger charge is 2.04. The van der Waals surface area contributed by atoms with Crippen molar-refractivity contribution in [3.63, 3.8) is 0 Å². The summed E-state index contributed by atoms with van der Waals surface area (Å²) in [5, 5.41) is 3.40. The van der Waals surface area contributed by atoms with Crippen molar-refractivity contribution >= 4 is 5.69 Å². The van der Waals surface area contributed by atoms with Crippen molar-refractivity contribution in [2.75, 3.05) is 5.32 Å². The van der Waals surface area contributed by atoms with Crippen LogP contribution in [0.4, 0.5) is 5.69 Å². The first-order chi connectivity index (χ1) is 9.43. The molecule has 0 amide bonds. The largest absolute Gasteiger partial charge is 0.379 e. The predicted octanol–water partition coefficient (Wildman–Crippen LogP) is 3.08. The predicted molar refractivity (Wildman–Crippen MR) is 75.6 cm³/mol. The average Bonchev–Trinajstić information content (AvgIpc) is 3.00. The number of H-pyrrole nitrogens is 1. The minimum absolute atomic E-state index is 0.695. The molecule has 2 aromatic heterocycles. The molecule has 0 aliphatic heterocycles. The van der Waals surface area contributed by atoms with E-state index < -0.39 is 0 Å². The van der Waals surface area contributed by atoms with Gasteiger partial charge in [0, 0.05) is 35.4 Å². The number of benzene rings is 1. The Morgan fingerprint density at radius 1 is 1.11 bits per heavy atom. The van der Waals surface area contributed by atoms with Gasteiger partial charge in [-0.2, -0.15) is 0 Å². The van der Waals surface area contributed by atoms with E-state index in [4.69, 9.17) is 0 Å². The summed E-state index contributed by atoms with van der Waals surface area (Å²) in [6.07, 6.45) is 7.22. The summed E-state index contributed by atoms with van der Waals surface area (Å²) in [5.41, 5.74) is 4.32. The zero-order valence-corrected chi connectivity index (χ0v) is 10.4. The topological polar surface area (TPSA) is 53.6 Å². The number of aromatic amines is 1. The van der Waals surface area contributed by atoms with Crippen molar-refractivity contribution in [3.05, 3.63) is 67.0 Å². The van der Waals surface area contributed by atoms with Crippen LogP contribution < -0.4 is 5.32 Å². The highest BCUT2D eigenvalue weighted by Crippen LogP contribution is 2.27. The molecule has 4 nitrogen and oxygen atoms in total. The number of imidazole rings is 1. The van der Waals surface area contributed by atoms with Gasteiger partial charge in [0.1, 0.15) is 0 Å². The molecule has 0 radical (unpaired) electrons. The maximum absolute atomic E-state index is 4.20. The number of hydrogen-bond acceptors (Lipinski definition) is 3. The van der Waals surface area contributed by atoms with Crippen molar-refractivity contribution < 1.29 is 0 Å². The van der Waals surface area contributed by atoms with E-state index >= 15 is 0 Å². The van der Waals surface area contributed by atoms with Crippen LogP contribution >= 0.6 is 0 Å². The first-order valence-electron chi connectivity index (χ1n) is 6.14. The lowest BCUT2D eigenvalue weighted by Crippen LogP contribution is -2.01. The van der Waals surface area contributed by atoms with Gasteiger partial charge in [-0.05, 0) is 12.1 Å². The first kappa shape index (κ1) is 11.5. The van der Waals surface area contributed by atoms with Crippen LogP contribution in [0.2, 0.25) is 0 Å². The molecular weight excluding hydrogens is 236 g/mol. The molecular formula is C15H14N4. The van der Waals surface area contributed by atoms with Crippen LogP contribution in [-0.4, -0.2) is 15.0 Å². The van der Waals surface area contributed by atoms with Gasteiger partial charge >= 0.3 is 0 Å². The molecule has 0 aliphatic rings. The number of hydrogen-bond donors (Lipinski definition) is 2. The van der Waals surface area contributed by atoms with E-state index in [0.717, 1.165) is 22.5 Å². The third-order valence-electron chi connectivity index (χ3n) is 2.91. The van der Waals surface area contributed by atoms with Crippen molar-refractivity contribution in [2.24, 2.45) is 0 Å². The van der Waals surface area contributed by atoms with Gasteiger partial charge in [0.15, 0.2) is 0 Å². The normalized spacial score (nSPS) is 10.3. The van der Waals surface area contributed by atoms with Gasteiger partial charge < -0.3 is 10.3 Å². The Bertz CT molecular complexity index is 632. The van der Waals surface area contributed by atoms with Gasteiger partial charge in [-0.3, -0.25) is 4.98 Å². The van der Waals surface area contributed by atoms with Gasteiger partial charge in [-0.1, -0.05) is 24.3 Å². The summed E-state index contributed by atoms with van der Waals surface area (Å²) >= 11 is 0. The summed E-state index contributed by atoms with van der Waals surface area (Å²) in [4.78, 5) is 11.3. The fraction of sp³-hybridized carbons (Fsp3) is 0.0667. The average molecular weight is 250 g/mol. The number of pyridine rings is 1. The molecule has 0 saturated carbocycles. The van der Waals surface area contributed by atoms with Crippen LogP contribution in [-0.2, 0) is 6.54 Å². The maximum atomic E-state index is 4.20. The van der Waals surface area contributed by atoms with Gasteiger partial charge in [0.25, 0.3) is 0 Å². The van der Waals surface area contributed by atoms with Gasteiger partial charge in [-0.25, -0.2) is 4.98 Å². The van der Waals surface area contributed by atoms with E-state index in [1.807, 2.05) is 30.6 Å². The van der Waals surface area contributed by atoms with Crippen LogP contribution in [0.3, 0.4) is 0 Å². The monoisotopic (exact) mass is 250 g/mol. The number of nitrogens with one attached hydrogen (secondary N) is 2. The van der Waals surface area contributed by atoms with Gasteiger partial charge in [-0.15, -0.1) is 0 Å². The number of para-hydroxylation sites is 1.